The molecule has 0 spiro atoms. The number of sulfonamides is 1. The minimum Gasteiger partial charge on any atom is -0.463 e. The van der Waals surface area contributed by atoms with Gasteiger partial charge in [0, 0.05) is 61.1 Å². The van der Waals surface area contributed by atoms with Gasteiger partial charge in [0.1, 0.15) is 16.3 Å². The fraction of sp³-hybridized carbons (Fsp3) is 0.407. The maximum Gasteiger partial charge on any atom is 0.407 e. The second-order valence-corrected chi connectivity index (χ2v) is 12.4. The Morgan fingerprint density at radius 2 is 1.90 bits per heavy atom. The monoisotopic (exact) mass is 555 g/mol. The summed E-state index contributed by atoms with van der Waals surface area (Å²) < 4.78 is 38.1. The van der Waals surface area contributed by atoms with Gasteiger partial charge in [0.15, 0.2) is 0 Å². The highest BCUT2D eigenvalue weighted by molar-refractivity contribution is 7.89. The van der Waals surface area contributed by atoms with E-state index >= 15 is 0 Å². The number of carbonyl (C=O) groups excluding carboxylic acids is 2. The number of hydrogen-bond acceptors (Lipinski definition) is 9. The van der Waals surface area contributed by atoms with Crippen molar-refractivity contribution in [2.24, 2.45) is 16.6 Å². The number of fused-ring (bicyclic) bond motifs is 1. The van der Waals surface area contributed by atoms with E-state index in [4.69, 9.17) is 15.2 Å². The molecule has 11 nitrogen and oxygen atoms in total. The molecule has 1 fully saturated rings. The topological polar surface area (TPSA) is 153 Å². The lowest BCUT2D eigenvalue weighted by molar-refractivity contribution is -0.138. The lowest BCUT2D eigenvalue weighted by Gasteiger charge is -2.38. The Morgan fingerprint density at radius 3 is 2.59 bits per heavy atom. The maximum atomic E-state index is 13.2. The molecular weight excluding hydrogens is 522 g/mol. The zero-order valence-electron chi connectivity index (χ0n) is 22.4. The molecule has 2 aliphatic rings. The molecule has 1 aromatic heterocycles. The highest BCUT2D eigenvalue weighted by Crippen LogP contribution is 2.33. The summed E-state index contributed by atoms with van der Waals surface area (Å²) in [5.74, 6) is -0.180. The Hall–Kier alpha value is -3.77. The summed E-state index contributed by atoms with van der Waals surface area (Å²) in [6, 6.07) is 6.96. The van der Waals surface area contributed by atoms with Crippen LogP contribution in [0.2, 0.25) is 0 Å². The summed E-state index contributed by atoms with van der Waals surface area (Å²) in [6.07, 6.45) is 4.24. The van der Waals surface area contributed by atoms with E-state index in [-0.39, 0.29) is 42.8 Å². The molecule has 1 saturated heterocycles. The first-order valence-corrected chi connectivity index (χ1v) is 14.1. The zero-order chi connectivity index (χ0) is 28.4. The molecule has 0 atom stereocenters. The van der Waals surface area contributed by atoms with Gasteiger partial charge in [0.2, 0.25) is 10.0 Å². The number of nitrogens with one attached hydrogen (secondary N) is 1. The lowest BCUT2D eigenvalue weighted by atomic mass is 10.0. The second kappa shape index (κ2) is 11.1. The summed E-state index contributed by atoms with van der Waals surface area (Å²) in [5.41, 5.74) is 8.41. The van der Waals surface area contributed by atoms with Gasteiger partial charge in [0.05, 0.1) is 12.3 Å². The number of aliphatic imine (C=N–C) groups is 1. The van der Waals surface area contributed by atoms with Crippen LogP contribution in [-0.4, -0.2) is 67.4 Å². The molecule has 4 rings (SSSR count). The Labute approximate surface area is 228 Å². The van der Waals surface area contributed by atoms with E-state index in [0.717, 1.165) is 0 Å². The fourth-order valence-electron chi connectivity index (χ4n) is 4.18. The van der Waals surface area contributed by atoms with Crippen LogP contribution in [0.3, 0.4) is 0 Å². The number of aromatic nitrogens is 1. The van der Waals surface area contributed by atoms with E-state index in [1.165, 1.54) is 10.5 Å². The van der Waals surface area contributed by atoms with Gasteiger partial charge in [-0.25, -0.2) is 23.0 Å². The molecule has 2 aromatic rings. The summed E-state index contributed by atoms with van der Waals surface area (Å²) in [6.45, 7) is 8.21. The molecule has 39 heavy (non-hydrogen) atoms. The van der Waals surface area contributed by atoms with E-state index in [1.54, 1.807) is 58.2 Å². The summed E-state index contributed by atoms with van der Waals surface area (Å²) in [4.78, 5) is 32.8. The van der Waals surface area contributed by atoms with Crippen LogP contribution >= 0.6 is 0 Å². The first-order valence-electron chi connectivity index (χ1n) is 12.6. The summed E-state index contributed by atoms with van der Waals surface area (Å²) in [5, 5.41) is 2.69. The highest BCUT2D eigenvalue weighted by atomic mass is 32.2. The van der Waals surface area contributed by atoms with Crippen molar-refractivity contribution in [3.8, 4) is 11.1 Å². The van der Waals surface area contributed by atoms with Crippen LogP contribution in [0.5, 0.6) is 0 Å². The fourth-order valence-corrected chi connectivity index (χ4v) is 5.76. The van der Waals surface area contributed by atoms with Crippen LogP contribution < -0.4 is 11.1 Å². The van der Waals surface area contributed by atoms with Crippen LogP contribution in [0.1, 0.15) is 39.7 Å². The number of nitrogens with zero attached hydrogens (tertiary/aromatic N) is 3. The third-order valence-corrected chi connectivity index (χ3v) is 7.87. The molecule has 12 heteroatoms. The van der Waals surface area contributed by atoms with E-state index < -0.39 is 27.7 Å². The van der Waals surface area contributed by atoms with Crippen molar-refractivity contribution in [1.29, 1.82) is 0 Å². The molecule has 2 aliphatic heterocycles. The number of alkyl carbamates (subject to hydrolysis) is 1. The van der Waals surface area contributed by atoms with Gasteiger partial charge in [-0.1, -0.05) is 12.1 Å². The Balaban J connectivity index is 1.47. The maximum absolute atomic E-state index is 13.2. The lowest BCUT2D eigenvalue weighted by Crippen LogP contribution is -2.53. The van der Waals surface area contributed by atoms with Gasteiger partial charge in [-0.05, 0) is 51.5 Å². The predicted octanol–water partition coefficient (Wildman–Crippen LogP) is 3.23. The number of benzene rings is 1. The van der Waals surface area contributed by atoms with E-state index in [9.17, 15) is 18.0 Å². The first kappa shape index (κ1) is 28.2. The van der Waals surface area contributed by atoms with Crippen LogP contribution in [-0.2, 0) is 24.3 Å². The standard InChI is InChI=1S/C27H33N5O6S/c1-5-37-25(33)20-8-19-7-6-18(10-23(19)31-24(28)11-20)21-9-22(14-29-13-21)39(35,36)32-15-17(16-32)12-30-26(34)38-27(2,3)4/h6-10,13-14,17H,5,11-12,15-16H2,1-4H3,(H2,28,31)(H,30,34). The van der Waals surface area contributed by atoms with Crippen molar-refractivity contribution in [2.45, 2.75) is 44.6 Å². The average Bonchev–Trinajstić information content (AvgIpc) is 2.99. The molecule has 1 amide bonds. The molecular formula is C27H33N5O6S. The third kappa shape index (κ3) is 6.82. The van der Waals surface area contributed by atoms with E-state index in [1.807, 2.05) is 6.07 Å². The number of rotatable bonds is 7. The first-order chi connectivity index (χ1) is 18.4. The van der Waals surface area contributed by atoms with Gasteiger partial charge in [-0.15, -0.1) is 0 Å². The second-order valence-electron chi connectivity index (χ2n) is 10.4. The molecule has 3 N–H and O–H groups in total. The third-order valence-electron chi connectivity index (χ3n) is 6.08. The SMILES string of the molecule is CCOC(=O)C1=Cc2ccc(-c3cncc(S(=O)(=O)N4CC(CNC(=O)OC(C)(C)C)C4)c3)cc2N=C(N)C1. The predicted molar refractivity (Wildman–Crippen MR) is 147 cm³/mol. The number of esters is 1. The van der Waals surface area contributed by atoms with Crippen molar-refractivity contribution < 1.29 is 27.5 Å². The Morgan fingerprint density at radius 1 is 1.15 bits per heavy atom. The molecule has 0 radical (unpaired) electrons. The molecule has 0 saturated carbocycles. The van der Waals surface area contributed by atoms with Gasteiger partial charge >= 0.3 is 12.1 Å². The van der Waals surface area contributed by atoms with Gasteiger partial charge in [0.25, 0.3) is 0 Å². The minimum absolute atomic E-state index is 0.0103. The van der Waals surface area contributed by atoms with Crippen LogP contribution in [0.4, 0.5) is 10.5 Å². The minimum atomic E-state index is -3.77. The molecule has 0 bridgehead atoms. The largest absolute Gasteiger partial charge is 0.463 e. The number of pyridine rings is 1. The molecule has 1 aromatic carbocycles. The quantitative estimate of drug-likeness (QED) is 0.494. The van der Waals surface area contributed by atoms with Gasteiger partial charge in [-0.3, -0.25) is 4.98 Å². The summed E-state index contributed by atoms with van der Waals surface area (Å²) >= 11 is 0. The van der Waals surface area contributed by atoms with Gasteiger partial charge < -0.3 is 20.5 Å². The van der Waals surface area contributed by atoms with Crippen molar-refractivity contribution >= 4 is 39.7 Å². The molecule has 0 aliphatic carbocycles. The van der Waals surface area contributed by atoms with Crippen molar-refractivity contribution in [2.75, 3.05) is 26.2 Å². The smallest absolute Gasteiger partial charge is 0.407 e. The van der Waals surface area contributed by atoms with Crippen LogP contribution in [0.15, 0.2) is 52.1 Å². The van der Waals surface area contributed by atoms with Crippen LogP contribution in [0, 0.1) is 5.92 Å². The zero-order valence-corrected chi connectivity index (χ0v) is 23.2. The molecule has 208 valence electrons. The number of carbonyl (C=O) groups is 2. The summed E-state index contributed by atoms with van der Waals surface area (Å²) in [7, 11) is -3.77. The average molecular weight is 556 g/mol. The number of hydrogen-bond donors (Lipinski definition) is 2. The number of nitrogens with two attached hydrogens (primary N) is 1. The van der Waals surface area contributed by atoms with E-state index in [2.05, 4.69) is 15.3 Å². The van der Waals surface area contributed by atoms with E-state index in [0.29, 0.717) is 34.5 Å². The number of amides is 1. The van der Waals surface area contributed by atoms with Crippen molar-refractivity contribution in [1.82, 2.24) is 14.6 Å². The molecule has 0 unspecified atom stereocenters. The van der Waals surface area contributed by atoms with Crippen molar-refractivity contribution in [3.63, 3.8) is 0 Å². The van der Waals surface area contributed by atoms with Crippen LogP contribution in [0.25, 0.3) is 17.2 Å². The number of ether oxygens (including phenoxy) is 2. The highest BCUT2D eigenvalue weighted by Gasteiger charge is 2.37. The number of amidine groups is 1. The van der Waals surface area contributed by atoms with Gasteiger partial charge in [-0.2, -0.15) is 4.31 Å². The normalized spacial score (nSPS) is 16.2. The Kier molecular flexibility index (Phi) is 8.07. The Bertz CT molecular complexity index is 1440. The van der Waals surface area contributed by atoms with Crippen molar-refractivity contribution in [3.05, 3.63) is 47.8 Å². The molecule has 3 heterocycles.